The van der Waals surface area contributed by atoms with Gasteiger partial charge in [-0.2, -0.15) is 8.42 Å². The molecule has 1 N–H and O–H groups in total. The van der Waals surface area contributed by atoms with Crippen molar-refractivity contribution in [2.75, 3.05) is 84.8 Å². The second-order valence-corrected chi connectivity index (χ2v) is 8.75. The standard InChI is InChI=1S/C16H34N4O3S/c1-17-5-2-6-20-13-12-18(9-4-16-24(21,22)23)7-3-8-19(11-10-17)14-15-20/h2-16H2,1H3,(H,21,22,23). The van der Waals surface area contributed by atoms with Crippen LogP contribution in [0.2, 0.25) is 0 Å². The van der Waals surface area contributed by atoms with Gasteiger partial charge in [-0.05, 0) is 59.0 Å². The Bertz CT molecular complexity index is 460. The van der Waals surface area contributed by atoms with Gasteiger partial charge in [-0.1, -0.05) is 0 Å². The molecule has 142 valence electrons. The quantitative estimate of drug-likeness (QED) is 0.701. The van der Waals surface area contributed by atoms with Crippen molar-refractivity contribution in [2.45, 2.75) is 19.3 Å². The maximum absolute atomic E-state index is 10.9. The van der Waals surface area contributed by atoms with Crippen molar-refractivity contribution in [1.82, 2.24) is 19.6 Å². The minimum absolute atomic E-state index is 0.133. The first-order valence-corrected chi connectivity index (χ1v) is 10.8. The lowest BCUT2D eigenvalue weighted by molar-refractivity contribution is 0.127. The van der Waals surface area contributed by atoms with Crippen LogP contribution in [-0.2, 0) is 10.1 Å². The molecule has 0 aromatic carbocycles. The predicted molar refractivity (Wildman–Crippen MR) is 97.1 cm³/mol. The zero-order chi connectivity index (χ0) is 17.4. The summed E-state index contributed by atoms with van der Waals surface area (Å²) in [5.41, 5.74) is 0. The fourth-order valence-corrected chi connectivity index (χ4v) is 4.04. The van der Waals surface area contributed by atoms with Crippen molar-refractivity contribution in [3.05, 3.63) is 0 Å². The third-order valence-corrected chi connectivity index (χ3v) is 5.91. The number of nitrogens with zero attached hydrogens (tertiary/aromatic N) is 4. The van der Waals surface area contributed by atoms with Crippen LogP contribution in [0.4, 0.5) is 0 Å². The Hall–Kier alpha value is -0.250. The average molecular weight is 363 g/mol. The predicted octanol–water partition coefficient (Wildman–Crippen LogP) is -0.0905. The van der Waals surface area contributed by atoms with Gasteiger partial charge in [-0.3, -0.25) is 4.55 Å². The van der Waals surface area contributed by atoms with Crippen molar-refractivity contribution < 1.29 is 13.0 Å². The number of likely N-dealkylation sites (N-methyl/N-ethyl adjacent to an activating group) is 1. The smallest absolute Gasteiger partial charge is 0.264 e. The summed E-state index contributed by atoms with van der Waals surface area (Å²) in [5, 5.41) is 0. The first-order chi connectivity index (χ1) is 11.4. The second kappa shape index (κ2) is 10.0. The summed E-state index contributed by atoms with van der Waals surface area (Å²) in [6, 6.07) is 0. The van der Waals surface area contributed by atoms with E-state index in [2.05, 4.69) is 26.6 Å². The Kier molecular flexibility index (Phi) is 8.39. The Morgan fingerprint density at radius 3 is 2.04 bits per heavy atom. The molecule has 0 aromatic heterocycles. The summed E-state index contributed by atoms with van der Waals surface area (Å²) in [6.07, 6.45) is 2.84. The Morgan fingerprint density at radius 1 is 0.792 bits per heavy atom. The van der Waals surface area contributed by atoms with E-state index >= 15 is 0 Å². The van der Waals surface area contributed by atoms with Crippen LogP contribution in [0.5, 0.6) is 0 Å². The molecule has 8 heteroatoms. The first-order valence-electron chi connectivity index (χ1n) is 9.23. The first kappa shape index (κ1) is 20.1. The highest BCUT2D eigenvalue weighted by molar-refractivity contribution is 7.85. The van der Waals surface area contributed by atoms with Crippen molar-refractivity contribution in [3.63, 3.8) is 0 Å². The summed E-state index contributed by atoms with van der Waals surface area (Å²) < 4.78 is 30.7. The van der Waals surface area contributed by atoms with Crippen LogP contribution in [0.1, 0.15) is 19.3 Å². The molecule has 0 aromatic rings. The lowest BCUT2D eigenvalue weighted by atomic mass is 10.2. The van der Waals surface area contributed by atoms with Crippen molar-refractivity contribution in [1.29, 1.82) is 0 Å². The maximum atomic E-state index is 10.9. The van der Waals surface area contributed by atoms with Crippen LogP contribution in [0.3, 0.4) is 0 Å². The molecule has 24 heavy (non-hydrogen) atoms. The van der Waals surface area contributed by atoms with Crippen molar-refractivity contribution in [3.8, 4) is 0 Å². The van der Waals surface area contributed by atoms with E-state index in [0.29, 0.717) is 6.42 Å². The molecule has 0 radical (unpaired) electrons. The molecule has 0 saturated carbocycles. The molecule has 2 aliphatic heterocycles. The monoisotopic (exact) mass is 362 g/mol. The van der Waals surface area contributed by atoms with E-state index in [-0.39, 0.29) is 5.75 Å². The summed E-state index contributed by atoms with van der Waals surface area (Å²) in [6.45, 7) is 11.7. The van der Waals surface area contributed by atoms with E-state index in [0.717, 1.165) is 78.4 Å². The molecule has 0 aliphatic carbocycles. The highest BCUT2D eigenvalue weighted by Gasteiger charge is 2.17. The molecule has 2 fully saturated rings. The topological polar surface area (TPSA) is 67.3 Å². The van der Waals surface area contributed by atoms with Crippen LogP contribution >= 0.6 is 0 Å². The molecule has 2 saturated heterocycles. The molecule has 2 unspecified atom stereocenters. The van der Waals surface area contributed by atoms with Crippen molar-refractivity contribution in [2.24, 2.45) is 0 Å². The third-order valence-electron chi connectivity index (χ3n) is 5.10. The third kappa shape index (κ3) is 8.22. The fourth-order valence-electron chi connectivity index (χ4n) is 3.55. The lowest BCUT2D eigenvalue weighted by Gasteiger charge is -2.35. The summed E-state index contributed by atoms with van der Waals surface area (Å²) >= 11 is 0. The summed E-state index contributed by atoms with van der Waals surface area (Å²) in [4.78, 5) is 9.91. The zero-order valence-electron chi connectivity index (χ0n) is 15.1. The average Bonchev–Trinajstić information content (AvgIpc) is 2.51. The molecule has 7 nitrogen and oxygen atoms in total. The highest BCUT2D eigenvalue weighted by atomic mass is 32.2. The molecule has 0 spiro atoms. The maximum Gasteiger partial charge on any atom is 0.264 e. The van der Waals surface area contributed by atoms with Crippen LogP contribution in [0.15, 0.2) is 0 Å². The number of fused-ring (bicyclic) bond motifs is 3. The van der Waals surface area contributed by atoms with Gasteiger partial charge in [0.15, 0.2) is 0 Å². The van der Waals surface area contributed by atoms with E-state index in [1.807, 2.05) is 0 Å². The Balaban J connectivity index is 1.88. The molecular weight excluding hydrogens is 328 g/mol. The van der Waals surface area contributed by atoms with Gasteiger partial charge in [0.05, 0.1) is 5.75 Å². The van der Waals surface area contributed by atoms with E-state index in [4.69, 9.17) is 4.55 Å². The Labute approximate surface area is 147 Å². The molecule has 2 atom stereocenters. The van der Waals surface area contributed by atoms with Gasteiger partial charge in [-0.15, -0.1) is 0 Å². The van der Waals surface area contributed by atoms with Crippen molar-refractivity contribution >= 4 is 10.1 Å². The number of hydrogen-bond donors (Lipinski definition) is 1. The van der Waals surface area contributed by atoms with Gasteiger partial charge in [-0.25, -0.2) is 0 Å². The second-order valence-electron chi connectivity index (χ2n) is 7.17. The highest BCUT2D eigenvalue weighted by Crippen LogP contribution is 2.06. The molecule has 2 bridgehead atoms. The summed E-state index contributed by atoms with van der Waals surface area (Å²) in [7, 11) is -1.62. The van der Waals surface area contributed by atoms with Crippen LogP contribution in [0.25, 0.3) is 0 Å². The molecular formula is C16H34N4O3S. The Morgan fingerprint density at radius 2 is 1.38 bits per heavy atom. The van der Waals surface area contributed by atoms with Gasteiger partial charge >= 0.3 is 0 Å². The minimum Gasteiger partial charge on any atom is -0.305 e. The zero-order valence-corrected chi connectivity index (χ0v) is 15.9. The summed E-state index contributed by atoms with van der Waals surface area (Å²) in [5.74, 6) is -0.133. The molecule has 2 heterocycles. The minimum atomic E-state index is -3.84. The number of rotatable bonds is 4. The normalized spacial score (nSPS) is 29.4. The van der Waals surface area contributed by atoms with E-state index in [1.54, 1.807) is 0 Å². The van der Waals surface area contributed by atoms with E-state index in [1.165, 1.54) is 6.42 Å². The van der Waals surface area contributed by atoms with Crippen LogP contribution in [0, 0.1) is 0 Å². The SMILES string of the molecule is CN1CCCN2CCN(CCCS(=O)(=O)O)CCCN(CC1)CC2. The number of hydrogen-bond acceptors (Lipinski definition) is 6. The fraction of sp³-hybridized carbons (Fsp3) is 1.00. The lowest BCUT2D eigenvalue weighted by Crippen LogP contribution is -2.46. The largest absolute Gasteiger partial charge is 0.305 e. The van der Waals surface area contributed by atoms with Gasteiger partial charge in [0.25, 0.3) is 10.1 Å². The molecule has 0 amide bonds. The van der Waals surface area contributed by atoms with Gasteiger partial charge in [0.2, 0.25) is 0 Å². The van der Waals surface area contributed by atoms with E-state index < -0.39 is 10.1 Å². The van der Waals surface area contributed by atoms with Gasteiger partial charge in [0.1, 0.15) is 0 Å². The molecule has 2 aliphatic rings. The van der Waals surface area contributed by atoms with E-state index in [9.17, 15) is 8.42 Å². The van der Waals surface area contributed by atoms with Gasteiger partial charge < -0.3 is 19.6 Å². The van der Waals surface area contributed by atoms with Crippen LogP contribution < -0.4 is 0 Å². The van der Waals surface area contributed by atoms with Gasteiger partial charge in [0, 0.05) is 39.3 Å². The molecule has 2 rings (SSSR count). The van der Waals surface area contributed by atoms with Crippen LogP contribution in [-0.4, -0.2) is 117 Å².